The molecule has 0 bridgehead atoms. The fraction of sp³-hybridized carbons (Fsp3) is 0.400. The molecule has 124 valence electrons. The Morgan fingerprint density at radius 2 is 2.09 bits per heavy atom. The van der Waals surface area contributed by atoms with Gasteiger partial charge in [0.2, 0.25) is 11.1 Å². The normalized spacial score (nSPS) is 12.9. The van der Waals surface area contributed by atoms with Gasteiger partial charge in [0.1, 0.15) is 0 Å². The summed E-state index contributed by atoms with van der Waals surface area (Å²) < 4.78 is 2.36. The van der Waals surface area contributed by atoms with E-state index < -0.39 is 0 Å². The molecular weight excluding hydrogens is 378 g/mol. The average Bonchev–Trinajstić information content (AvgIpc) is 2.80. The molecule has 0 radical (unpaired) electrons. The first kappa shape index (κ1) is 17.8. The Morgan fingerprint density at radius 3 is 2.65 bits per heavy atom. The molecule has 23 heavy (non-hydrogen) atoms. The highest BCUT2D eigenvalue weighted by atomic mass is 79.9. The van der Waals surface area contributed by atoms with E-state index in [1.54, 1.807) is 0 Å². The Labute approximate surface area is 148 Å². The number of thioether (sulfide) groups is 1. The number of rotatable bonds is 4. The Balaban J connectivity index is 2.06. The maximum Gasteiger partial charge on any atom is 0.237 e. The first-order valence-electron chi connectivity index (χ1n) is 7.12. The molecule has 1 heterocycles. The molecule has 1 unspecified atom stereocenters. The molecular formula is C15H20BrN5OS. The molecule has 8 heteroatoms. The third-order valence-electron chi connectivity index (χ3n) is 3.08. The van der Waals surface area contributed by atoms with Crippen molar-refractivity contribution in [3.63, 3.8) is 0 Å². The van der Waals surface area contributed by atoms with Gasteiger partial charge in [-0.3, -0.25) is 4.79 Å². The van der Waals surface area contributed by atoms with Crippen LogP contribution in [0.1, 0.15) is 33.5 Å². The minimum Gasteiger partial charge on any atom is -0.336 e. The number of halogens is 1. The second kappa shape index (κ2) is 6.92. The van der Waals surface area contributed by atoms with E-state index in [1.165, 1.54) is 16.4 Å². The molecule has 0 fully saturated rings. The molecule has 2 rings (SSSR count). The van der Waals surface area contributed by atoms with Crippen LogP contribution in [-0.4, -0.2) is 26.0 Å². The lowest BCUT2D eigenvalue weighted by Crippen LogP contribution is -2.26. The van der Waals surface area contributed by atoms with Crippen LogP contribution in [0.4, 0.5) is 5.69 Å². The third kappa shape index (κ3) is 4.48. The summed E-state index contributed by atoms with van der Waals surface area (Å²) in [7, 11) is 0. The predicted molar refractivity (Wildman–Crippen MR) is 97.0 cm³/mol. The molecule has 1 atom stereocenters. The van der Waals surface area contributed by atoms with Gasteiger partial charge in [0.05, 0.1) is 5.25 Å². The SMILES string of the molecule is CC(Sc1nnc(C(C)(C)C)n1N)C(=O)Nc1cccc(Br)c1. The van der Waals surface area contributed by atoms with Crippen molar-refractivity contribution in [1.82, 2.24) is 14.9 Å². The molecule has 1 aromatic carbocycles. The van der Waals surface area contributed by atoms with E-state index in [-0.39, 0.29) is 16.6 Å². The highest BCUT2D eigenvalue weighted by molar-refractivity contribution is 9.10. The van der Waals surface area contributed by atoms with E-state index in [1.807, 2.05) is 52.0 Å². The monoisotopic (exact) mass is 397 g/mol. The largest absolute Gasteiger partial charge is 0.336 e. The first-order chi connectivity index (χ1) is 10.7. The van der Waals surface area contributed by atoms with E-state index in [9.17, 15) is 4.79 Å². The molecule has 0 saturated heterocycles. The van der Waals surface area contributed by atoms with Gasteiger partial charge < -0.3 is 11.2 Å². The topological polar surface area (TPSA) is 85.8 Å². The highest BCUT2D eigenvalue weighted by Gasteiger charge is 2.25. The van der Waals surface area contributed by atoms with Crippen molar-refractivity contribution < 1.29 is 4.79 Å². The van der Waals surface area contributed by atoms with Crippen LogP contribution in [0.5, 0.6) is 0 Å². The summed E-state index contributed by atoms with van der Waals surface area (Å²) in [4.78, 5) is 12.3. The van der Waals surface area contributed by atoms with E-state index in [2.05, 4.69) is 31.4 Å². The molecule has 1 amide bonds. The zero-order valence-electron chi connectivity index (χ0n) is 13.5. The summed E-state index contributed by atoms with van der Waals surface area (Å²) in [5.74, 6) is 6.61. The van der Waals surface area contributed by atoms with Gasteiger partial charge in [0, 0.05) is 15.6 Å². The molecule has 0 saturated carbocycles. The summed E-state index contributed by atoms with van der Waals surface area (Å²) >= 11 is 4.66. The quantitative estimate of drug-likeness (QED) is 0.610. The number of nitrogen functional groups attached to an aromatic ring is 1. The Kier molecular flexibility index (Phi) is 5.36. The minimum absolute atomic E-state index is 0.117. The van der Waals surface area contributed by atoms with Crippen LogP contribution in [-0.2, 0) is 10.2 Å². The standard InChI is InChI=1S/C15H20BrN5OS/c1-9(12(22)18-11-7-5-6-10(16)8-11)23-14-20-19-13(21(14)17)15(2,3)4/h5-9H,17H2,1-4H3,(H,18,22). The van der Waals surface area contributed by atoms with Gasteiger partial charge in [-0.25, -0.2) is 4.68 Å². The van der Waals surface area contributed by atoms with Gasteiger partial charge in [-0.2, -0.15) is 0 Å². The number of carbonyl (C=O) groups excluding carboxylic acids is 1. The van der Waals surface area contributed by atoms with E-state index >= 15 is 0 Å². The fourth-order valence-electron chi connectivity index (χ4n) is 1.89. The molecule has 0 aliphatic carbocycles. The van der Waals surface area contributed by atoms with Gasteiger partial charge in [-0.15, -0.1) is 10.2 Å². The van der Waals surface area contributed by atoms with Gasteiger partial charge in [0.15, 0.2) is 5.82 Å². The maximum atomic E-state index is 12.3. The average molecular weight is 398 g/mol. The van der Waals surface area contributed by atoms with Crippen molar-refractivity contribution >= 4 is 39.3 Å². The molecule has 2 aromatic rings. The zero-order valence-corrected chi connectivity index (χ0v) is 15.9. The number of nitrogens with zero attached hydrogens (tertiary/aromatic N) is 3. The number of aromatic nitrogens is 3. The Hall–Kier alpha value is -1.54. The van der Waals surface area contributed by atoms with Crippen molar-refractivity contribution in [2.45, 2.75) is 43.5 Å². The number of hydrogen-bond donors (Lipinski definition) is 2. The smallest absolute Gasteiger partial charge is 0.237 e. The summed E-state index contributed by atoms with van der Waals surface area (Å²) in [6.07, 6.45) is 0. The number of benzene rings is 1. The van der Waals surface area contributed by atoms with Crippen molar-refractivity contribution in [3.8, 4) is 0 Å². The highest BCUT2D eigenvalue weighted by Crippen LogP contribution is 2.26. The fourth-order valence-corrected chi connectivity index (χ4v) is 3.06. The van der Waals surface area contributed by atoms with Crippen LogP contribution in [0.15, 0.2) is 33.9 Å². The maximum absolute atomic E-state index is 12.3. The van der Waals surface area contributed by atoms with Crippen LogP contribution in [0.25, 0.3) is 0 Å². The van der Waals surface area contributed by atoms with Crippen molar-refractivity contribution in [2.24, 2.45) is 0 Å². The number of hydrogen-bond acceptors (Lipinski definition) is 5. The van der Waals surface area contributed by atoms with Gasteiger partial charge >= 0.3 is 0 Å². The number of nitrogens with two attached hydrogens (primary N) is 1. The lowest BCUT2D eigenvalue weighted by Gasteiger charge is -2.17. The third-order valence-corrected chi connectivity index (χ3v) is 4.63. The van der Waals surface area contributed by atoms with Crippen LogP contribution < -0.4 is 11.2 Å². The summed E-state index contributed by atoms with van der Waals surface area (Å²) in [5.41, 5.74) is 0.531. The second-order valence-electron chi connectivity index (χ2n) is 6.19. The minimum atomic E-state index is -0.353. The molecule has 0 spiro atoms. The van der Waals surface area contributed by atoms with Crippen LogP contribution >= 0.6 is 27.7 Å². The molecule has 1 aromatic heterocycles. The molecule has 0 aliphatic heterocycles. The van der Waals surface area contributed by atoms with E-state index in [0.717, 1.165) is 10.2 Å². The summed E-state index contributed by atoms with van der Waals surface area (Å²) in [5, 5.41) is 11.3. The number of carbonyl (C=O) groups is 1. The van der Waals surface area contributed by atoms with Crippen LogP contribution in [0, 0.1) is 0 Å². The predicted octanol–water partition coefficient (Wildman–Crippen LogP) is 3.17. The molecule has 3 N–H and O–H groups in total. The number of amides is 1. The number of anilines is 1. The van der Waals surface area contributed by atoms with Gasteiger partial charge in [-0.1, -0.05) is 54.5 Å². The zero-order chi connectivity index (χ0) is 17.2. The summed E-state index contributed by atoms with van der Waals surface area (Å²) in [6, 6.07) is 7.45. The lowest BCUT2D eigenvalue weighted by molar-refractivity contribution is -0.115. The molecule has 0 aliphatic rings. The Morgan fingerprint density at radius 1 is 1.39 bits per heavy atom. The van der Waals surface area contributed by atoms with Crippen LogP contribution in [0.2, 0.25) is 0 Å². The van der Waals surface area contributed by atoms with Gasteiger partial charge in [-0.05, 0) is 25.1 Å². The molecule has 6 nitrogen and oxygen atoms in total. The second-order valence-corrected chi connectivity index (χ2v) is 8.41. The summed E-state index contributed by atoms with van der Waals surface area (Å²) in [6.45, 7) is 7.85. The number of nitrogens with one attached hydrogen (secondary N) is 1. The van der Waals surface area contributed by atoms with E-state index in [4.69, 9.17) is 5.84 Å². The first-order valence-corrected chi connectivity index (χ1v) is 8.80. The van der Waals surface area contributed by atoms with Crippen molar-refractivity contribution in [3.05, 3.63) is 34.6 Å². The Bertz CT molecular complexity index is 710. The van der Waals surface area contributed by atoms with Gasteiger partial charge in [0.25, 0.3) is 0 Å². The van der Waals surface area contributed by atoms with Crippen molar-refractivity contribution in [1.29, 1.82) is 0 Å². The van der Waals surface area contributed by atoms with Crippen LogP contribution in [0.3, 0.4) is 0 Å². The van der Waals surface area contributed by atoms with E-state index in [0.29, 0.717) is 11.0 Å². The lowest BCUT2D eigenvalue weighted by atomic mass is 9.96. The van der Waals surface area contributed by atoms with Crippen molar-refractivity contribution in [2.75, 3.05) is 11.2 Å².